The highest BCUT2D eigenvalue weighted by Gasteiger charge is 2.14. The van der Waals surface area contributed by atoms with Crippen LogP contribution in [0.25, 0.3) is 0 Å². The lowest BCUT2D eigenvalue weighted by atomic mass is 10.0. The van der Waals surface area contributed by atoms with E-state index in [1.165, 1.54) is 0 Å². The van der Waals surface area contributed by atoms with Gasteiger partial charge >= 0.3 is 0 Å². The van der Waals surface area contributed by atoms with Crippen molar-refractivity contribution in [2.24, 2.45) is 5.92 Å². The Bertz CT molecular complexity index is 371. The molecule has 1 aromatic heterocycles. The van der Waals surface area contributed by atoms with Crippen LogP contribution in [0.1, 0.15) is 20.3 Å². The summed E-state index contributed by atoms with van der Waals surface area (Å²) in [7, 11) is 4.14. The van der Waals surface area contributed by atoms with E-state index in [4.69, 9.17) is 5.73 Å². The van der Waals surface area contributed by atoms with Gasteiger partial charge < -0.3 is 16.0 Å². The molecule has 0 aromatic carbocycles. The molecule has 0 aliphatic rings. The highest BCUT2D eigenvalue weighted by molar-refractivity contribution is 9.10. The van der Waals surface area contributed by atoms with Crippen LogP contribution in [0.5, 0.6) is 0 Å². The monoisotopic (exact) mass is 315 g/mol. The van der Waals surface area contributed by atoms with Crippen molar-refractivity contribution in [3.8, 4) is 0 Å². The number of halogens is 1. The van der Waals surface area contributed by atoms with E-state index in [0.717, 1.165) is 23.3 Å². The number of nitrogens with two attached hydrogens (primary N) is 1. The molecule has 0 saturated heterocycles. The van der Waals surface area contributed by atoms with Crippen molar-refractivity contribution in [1.82, 2.24) is 14.9 Å². The molecule has 0 aliphatic heterocycles. The molecular weight excluding hydrogens is 294 g/mol. The highest BCUT2D eigenvalue weighted by Crippen LogP contribution is 2.21. The minimum atomic E-state index is 0.286. The lowest BCUT2D eigenvalue weighted by Crippen LogP contribution is -2.34. The van der Waals surface area contributed by atoms with E-state index in [1.807, 2.05) is 0 Å². The van der Waals surface area contributed by atoms with Gasteiger partial charge in [-0.05, 0) is 42.4 Å². The molecule has 0 spiro atoms. The van der Waals surface area contributed by atoms with Gasteiger partial charge in [-0.3, -0.25) is 0 Å². The Balaban J connectivity index is 2.77. The third kappa shape index (κ3) is 5.18. The van der Waals surface area contributed by atoms with Gasteiger partial charge in [0.1, 0.15) is 5.82 Å². The highest BCUT2D eigenvalue weighted by atomic mass is 79.9. The molecule has 102 valence electrons. The maximum Gasteiger partial charge on any atom is 0.221 e. The van der Waals surface area contributed by atoms with Crippen molar-refractivity contribution in [1.29, 1.82) is 0 Å². The van der Waals surface area contributed by atoms with Gasteiger partial charge in [0.05, 0.1) is 4.47 Å². The first-order valence-corrected chi connectivity index (χ1v) is 6.87. The zero-order valence-corrected chi connectivity index (χ0v) is 13.0. The van der Waals surface area contributed by atoms with E-state index < -0.39 is 0 Å². The SMILES string of the molecule is CC(C)CC(CN(C)C)Nc1nc(N)ncc1Br. The first kappa shape index (κ1) is 15.2. The number of hydrogen-bond donors (Lipinski definition) is 2. The predicted molar refractivity (Wildman–Crippen MR) is 79.6 cm³/mol. The van der Waals surface area contributed by atoms with Crippen LogP contribution in [0.3, 0.4) is 0 Å². The summed E-state index contributed by atoms with van der Waals surface area (Å²) >= 11 is 3.43. The van der Waals surface area contributed by atoms with Gasteiger partial charge in [-0.15, -0.1) is 0 Å². The molecule has 18 heavy (non-hydrogen) atoms. The second kappa shape index (κ2) is 6.89. The summed E-state index contributed by atoms with van der Waals surface area (Å²) in [5.74, 6) is 1.67. The topological polar surface area (TPSA) is 67.1 Å². The number of aromatic nitrogens is 2. The molecule has 0 radical (unpaired) electrons. The standard InChI is InChI=1S/C12H22BrN5/c1-8(2)5-9(7-18(3)4)16-11-10(13)6-15-12(14)17-11/h6,8-9H,5,7H2,1-4H3,(H3,14,15,16,17). The quantitative estimate of drug-likeness (QED) is 0.842. The van der Waals surface area contributed by atoms with Crippen LogP contribution in [0, 0.1) is 5.92 Å². The molecule has 6 heteroatoms. The van der Waals surface area contributed by atoms with Crippen LogP contribution in [0.2, 0.25) is 0 Å². The van der Waals surface area contributed by atoms with Crippen molar-refractivity contribution in [3.63, 3.8) is 0 Å². The summed E-state index contributed by atoms with van der Waals surface area (Å²) in [5, 5.41) is 3.43. The van der Waals surface area contributed by atoms with Gasteiger partial charge in [-0.2, -0.15) is 4.98 Å². The van der Waals surface area contributed by atoms with E-state index in [2.05, 4.69) is 64.1 Å². The molecule has 5 nitrogen and oxygen atoms in total. The predicted octanol–water partition coefficient (Wildman–Crippen LogP) is 2.21. The van der Waals surface area contributed by atoms with Gasteiger partial charge in [-0.25, -0.2) is 4.98 Å². The minimum absolute atomic E-state index is 0.286. The summed E-state index contributed by atoms with van der Waals surface area (Å²) < 4.78 is 0.837. The molecule has 1 aromatic rings. The van der Waals surface area contributed by atoms with E-state index in [0.29, 0.717) is 12.0 Å². The molecule has 1 atom stereocenters. The molecule has 0 bridgehead atoms. The maximum atomic E-state index is 5.61. The minimum Gasteiger partial charge on any atom is -0.368 e. The lowest BCUT2D eigenvalue weighted by molar-refractivity contribution is 0.356. The Morgan fingerprint density at radius 1 is 1.44 bits per heavy atom. The summed E-state index contributed by atoms with van der Waals surface area (Å²) in [6, 6.07) is 0.339. The summed E-state index contributed by atoms with van der Waals surface area (Å²) in [5.41, 5.74) is 5.61. The van der Waals surface area contributed by atoms with E-state index >= 15 is 0 Å². The zero-order chi connectivity index (χ0) is 13.7. The Hall–Kier alpha value is -0.880. The third-order valence-electron chi connectivity index (χ3n) is 2.45. The van der Waals surface area contributed by atoms with Crippen LogP contribution in [-0.4, -0.2) is 41.5 Å². The van der Waals surface area contributed by atoms with Crippen LogP contribution in [0.15, 0.2) is 10.7 Å². The summed E-state index contributed by atoms with van der Waals surface area (Å²) in [4.78, 5) is 10.3. The molecule has 1 rings (SSSR count). The Kier molecular flexibility index (Phi) is 5.81. The largest absolute Gasteiger partial charge is 0.368 e. The second-order valence-corrected chi connectivity index (χ2v) is 6.01. The van der Waals surface area contributed by atoms with Gasteiger partial charge in [0.15, 0.2) is 0 Å². The Morgan fingerprint density at radius 3 is 2.67 bits per heavy atom. The molecule has 0 amide bonds. The van der Waals surface area contributed by atoms with Crippen LogP contribution in [-0.2, 0) is 0 Å². The van der Waals surface area contributed by atoms with Crippen molar-refractivity contribution in [2.75, 3.05) is 31.7 Å². The Labute approximate surface area is 117 Å². The fourth-order valence-corrected chi connectivity index (χ4v) is 2.17. The average Bonchev–Trinajstić information content (AvgIpc) is 2.21. The first-order chi connectivity index (χ1) is 8.38. The lowest BCUT2D eigenvalue weighted by Gasteiger charge is -2.24. The van der Waals surface area contributed by atoms with Crippen molar-refractivity contribution < 1.29 is 0 Å². The van der Waals surface area contributed by atoms with Crippen molar-refractivity contribution >= 4 is 27.7 Å². The van der Waals surface area contributed by atoms with E-state index in [-0.39, 0.29) is 5.95 Å². The van der Waals surface area contributed by atoms with Crippen molar-refractivity contribution in [2.45, 2.75) is 26.3 Å². The summed E-state index contributed by atoms with van der Waals surface area (Å²) in [6.45, 7) is 5.38. The van der Waals surface area contributed by atoms with Gasteiger partial charge in [0.25, 0.3) is 0 Å². The molecule has 1 unspecified atom stereocenters. The van der Waals surface area contributed by atoms with Gasteiger partial charge in [0, 0.05) is 18.8 Å². The number of nitrogens with one attached hydrogen (secondary N) is 1. The maximum absolute atomic E-state index is 5.61. The van der Waals surface area contributed by atoms with Crippen molar-refractivity contribution in [3.05, 3.63) is 10.7 Å². The fraction of sp³-hybridized carbons (Fsp3) is 0.667. The smallest absolute Gasteiger partial charge is 0.221 e. The van der Waals surface area contributed by atoms with Crippen LogP contribution < -0.4 is 11.1 Å². The fourth-order valence-electron chi connectivity index (χ4n) is 1.86. The van der Waals surface area contributed by atoms with E-state index in [1.54, 1.807) is 6.20 Å². The molecule has 0 fully saturated rings. The molecule has 0 aliphatic carbocycles. The third-order valence-corrected chi connectivity index (χ3v) is 3.03. The van der Waals surface area contributed by atoms with Gasteiger partial charge in [0.2, 0.25) is 5.95 Å². The van der Waals surface area contributed by atoms with Gasteiger partial charge in [-0.1, -0.05) is 13.8 Å². The molecule has 0 saturated carbocycles. The number of nitrogen functional groups attached to an aromatic ring is 1. The number of nitrogens with zero attached hydrogens (tertiary/aromatic N) is 3. The number of likely N-dealkylation sites (N-methyl/N-ethyl adjacent to an activating group) is 1. The van der Waals surface area contributed by atoms with E-state index in [9.17, 15) is 0 Å². The normalized spacial score (nSPS) is 13.1. The molecule has 1 heterocycles. The van der Waals surface area contributed by atoms with Crippen LogP contribution >= 0.6 is 15.9 Å². The average molecular weight is 316 g/mol. The molecule has 3 N–H and O–H groups in total. The first-order valence-electron chi connectivity index (χ1n) is 6.07. The second-order valence-electron chi connectivity index (χ2n) is 5.16. The zero-order valence-electron chi connectivity index (χ0n) is 11.4. The Morgan fingerprint density at radius 2 is 2.11 bits per heavy atom. The molecular formula is C12H22BrN5. The number of hydrogen-bond acceptors (Lipinski definition) is 5. The van der Waals surface area contributed by atoms with Crippen LogP contribution in [0.4, 0.5) is 11.8 Å². The number of rotatable bonds is 6. The summed E-state index contributed by atoms with van der Waals surface area (Å²) in [6.07, 6.45) is 2.75. The number of anilines is 2.